The second kappa shape index (κ2) is 6.85. The van der Waals surface area contributed by atoms with Crippen LogP contribution in [0.3, 0.4) is 0 Å². The van der Waals surface area contributed by atoms with Gasteiger partial charge in [0, 0.05) is 12.5 Å². The van der Waals surface area contributed by atoms with E-state index < -0.39 is 0 Å². The van der Waals surface area contributed by atoms with Crippen LogP contribution in [-0.4, -0.2) is 22.8 Å². The number of nitrogens with one attached hydrogen (secondary N) is 1. The maximum Gasteiger partial charge on any atom is 0.223 e. The number of aryl methyl sites for hydroxylation is 1. The van der Waals surface area contributed by atoms with Gasteiger partial charge in [-0.1, -0.05) is 37.3 Å². The Labute approximate surface area is 126 Å². The highest BCUT2D eigenvalue weighted by atomic mass is 16.4. The van der Waals surface area contributed by atoms with Gasteiger partial charge < -0.3 is 9.73 Å². The highest BCUT2D eigenvalue weighted by molar-refractivity contribution is 5.24. The van der Waals surface area contributed by atoms with Gasteiger partial charge in [-0.2, -0.15) is 0 Å². The van der Waals surface area contributed by atoms with Crippen molar-refractivity contribution in [1.82, 2.24) is 15.5 Å². The second-order valence-corrected chi connectivity index (χ2v) is 5.74. The lowest BCUT2D eigenvalue weighted by Crippen LogP contribution is -2.17. The van der Waals surface area contributed by atoms with Gasteiger partial charge in [0.15, 0.2) is 0 Å². The summed E-state index contributed by atoms with van der Waals surface area (Å²) in [6.07, 6.45) is 5.55. The van der Waals surface area contributed by atoms with Crippen LogP contribution in [0.1, 0.15) is 55.9 Å². The summed E-state index contributed by atoms with van der Waals surface area (Å²) in [5, 5.41) is 12.0. The molecule has 21 heavy (non-hydrogen) atoms. The molecular formula is C17H23N3O. The average Bonchev–Trinajstić information content (AvgIpc) is 3.24. The molecule has 0 aliphatic heterocycles. The molecule has 0 radical (unpaired) electrons. The zero-order valence-corrected chi connectivity index (χ0v) is 12.6. The normalized spacial score (nSPS) is 16.0. The van der Waals surface area contributed by atoms with Crippen LogP contribution in [-0.2, 0) is 6.42 Å². The lowest BCUT2D eigenvalue weighted by molar-refractivity contribution is 0.422. The maximum absolute atomic E-state index is 5.86. The Balaban J connectivity index is 1.57. The topological polar surface area (TPSA) is 51.0 Å². The van der Waals surface area contributed by atoms with Gasteiger partial charge in [-0.3, -0.25) is 0 Å². The van der Waals surface area contributed by atoms with Gasteiger partial charge >= 0.3 is 0 Å². The quantitative estimate of drug-likeness (QED) is 0.756. The summed E-state index contributed by atoms with van der Waals surface area (Å²) in [6.45, 7) is 3.19. The summed E-state index contributed by atoms with van der Waals surface area (Å²) in [5.74, 6) is 1.71. The molecule has 3 rings (SSSR count). The van der Waals surface area contributed by atoms with E-state index in [2.05, 4.69) is 46.7 Å². The van der Waals surface area contributed by atoms with Gasteiger partial charge in [-0.15, -0.1) is 10.2 Å². The van der Waals surface area contributed by atoms with Gasteiger partial charge in [0.05, 0.1) is 5.92 Å². The fraction of sp³-hybridized carbons (Fsp3) is 0.529. The summed E-state index contributed by atoms with van der Waals surface area (Å²) in [4.78, 5) is 0. The van der Waals surface area contributed by atoms with E-state index in [1.165, 1.54) is 18.4 Å². The van der Waals surface area contributed by atoms with Crippen molar-refractivity contribution in [2.24, 2.45) is 0 Å². The molecule has 1 saturated carbocycles. The first-order valence-electron chi connectivity index (χ1n) is 7.97. The number of hydrogen-bond acceptors (Lipinski definition) is 4. The summed E-state index contributed by atoms with van der Waals surface area (Å²) in [6, 6.07) is 11.2. The van der Waals surface area contributed by atoms with Crippen molar-refractivity contribution in [3.63, 3.8) is 0 Å². The largest absolute Gasteiger partial charge is 0.425 e. The third-order valence-corrected chi connectivity index (χ3v) is 3.97. The molecule has 0 spiro atoms. The van der Waals surface area contributed by atoms with Crippen LogP contribution in [0.5, 0.6) is 0 Å². The predicted molar refractivity (Wildman–Crippen MR) is 82.2 cm³/mol. The summed E-state index contributed by atoms with van der Waals surface area (Å²) < 4.78 is 5.86. The van der Waals surface area contributed by atoms with E-state index in [-0.39, 0.29) is 5.92 Å². The van der Waals surface area contributed by atoms with E-state index in [1.807, 2.05) is 6.07 Å². The molecular weight excluding hydrogens is 262 g/mol. The zero-order valence-electron chi connectivity index (χ0n) is 12.6. The molecule has 4 heteroatoms. The van der Waals surface area contributed by atoms with Crippen LogP contribution in [0.2, 0.25) is 0 Å². The SMILES string of the molecule is CCC(c1ccccc1)c1nnc(CCCNC2CC2)o1. The lowest BCUT2D eigenvalue weighted by Gasteiger charge is -2.10. The van der Waals surface area contributed by atoms with Gasteiger partial charge in [0.25, 0.3) is 0 Å². The standard InChI is InChI=1S/C17H23N3O/c1-2-15(13-7-4-3-5-8-13)17-20-19-16(21-17)9-6-12-18-14-10-11-14/h3-5,7-8,14-15,18H,2,6,9-12H2,1H3. The molecule has 112 valence electrons. The first-order chi connectivity index (χ1) is 10.4. The van der Waals surface area contributed by atoms with Crippen molar-refractivity contribution in [3.8, 4) is 0 Å². The van der Waals surface area contributed by atoms with Crippen LogP contribution < -0.4 is 5.32 Å². The van der Waals surface area contributed by atoms with Gasteiger partial charge in [0.1, 0.15) is 0 Å². The molecule has 1 atom stereocenters. The Kier molecular flexibility index (Phi) is 4.65. The van der Waals surface area contributed by atoms with Crippen molar-refractivity contribution < 1.29 is 4.42 Å². The van der Waals surface area contributed by atoms with Crippen molar-refractivity contribution in [2.45, 2.75) is 51.0 Å². The Bertz CT molecular complexity index is 548. The fourth-order valence-corrected chi connectivity index (χ4v) is 2.58. The van der Waals surface area contributed by atoms with Crippen LogP contribution in [0.15, 0.2) is 34.7 Å². The van der Waals surface area contributed by atoms with E-state index in [0.29, 0.717) is 0 Å². The van der Waals surface area contributed by atoms with E-state index >= 15 is 0 Å². The van der Waals surface area contributed by atoms with Crippen LogP contribution in [0.4, 0.5) is 0 Å². The minimum atomic E-state index is 0.206. The smallest absolute Gasteiger partial charge is 0.223 e. The number of hydrogen-bond donors (Lipinski definition) is 1. The molecule has 1 aromatic heterocycles. The maximum atomic E-state index is 5.86. The van der Waals surface area contributed by atoms with Gasteiger partial charge in [-0.25, -0.2) is 0 Å². The highest BCUT2D eigenvalue weighted by Gasteiger charge is 2.20. The monoisotopic (exact) mass is 285 g/mol. The number of benzene rings is 1. The molecule has 1 unspecified atom stereocenters. The predicted octanol–water partition coefficient (Wildman–Crippen LogP) is 3.30. The van der Waals surface area contributed by atoms with Crippen molar-refractivity contribution in [1.29, 1.82) is 0 Å². The first-order valence-corrected chi connectivity index (χ1v) is 7.97. The van der Waals surface area contributed by atoms with Crippen LogP contribution >= 0.6 is 0 Å². The Morgan fingerprint density at radius 1 is 1.24 bits per heavy atom. The number of rotatable bonds is 8. The number of nitrogens with zero attached hydrogens (tertiary/aromatic N) is 2. The summed E-state index contributed by atoms with van der Waals surface area (Å²) in [7, 11) is 0. The van der Waals surface area contributed by atoms with Gasteiger partial charge in [-0.05, 0) is 37.8 Å². The number of aromatic nitrogens is 2. The van der Waals surface area contributed by atoms with Crippen LogP contribution in [0.25, 0.3) is 0 Å². The molecule has 1 aromatic carbocycles. The minimum Gasteiger partial charge on any atom is -0.425 e. The van der Waals surface area contributed by atoms with Crippen molar-refractivity contribution in [3.05, 3.63) is 47.7 Å². The molecule has 1 aliphatic carbocycles. The molecule has 2 aromatic rings. The second-order valence-electron chi connectivity index (χ2n) is 5.74. The Hall–Kier alpha value is -1.68. The van der Waals surface area contributed by atoms with Crippen molar-refractivity contribution >= 4 is 0 Å². The van der Waals surface area contributed by atoms with E-state index in [1.54, 1.807) is 0 Å². The molecule has 1 aliphatic rings. The molecule has 1 fully saturated rings. The van der Waals surface area contributed by atoms with Crippen molar-refractivity contribution in [2.75, 3.05) is 6.54 Å². The molecule has 1 N–H and O–H groups in total. The molecule has 0 saturated heterocycles. The fourth-order valence-electron chi connectivity index (χ4n) is 2.58. The third-order valence-electron chi connectivity index (χ3n) is 3.97. The molecule has 1 heterocycles. The summed E-state index contributed by atoms with van der Waals surface area (Å²) >= 11 is 0. The molecule has 0 bridgehead atoms. The van der Waals surface area contributed by atoms with Crippen LogP contribution in [0, 0.1) is 0 Å². The Morgan fingerprint density at radius 3 is 2.76 bits per heavy atom. The molecule has 4 nitrogen and oxygen atoms in total. The lowest BCUT2D eigenvalue weighted by atomic mass is 9.97. The first kappa shape index (κ1) is 14.3. The third kappa shape index (κ3) is 3.91. The van der Waals surface area contributed by atoms with E-state index in [0.717, 1.165) is 43.6 Å². The highest BCUT2D eigenvalue weighted by Crippen LogP contribution is 2.26. The van der Waals surface area contributed by atoms with E-state index in [9.17, 15) is 0 Å². The molecule has 0 amide bonds. The zero-order chi connectivity index (χ0) is 14.5. The van der Waals surface area contributed by atoms with E-state index in [4.69, 9.17) is 4.42 Å². The van der Waals surface area contributed by atoms with Gasteiger partial charge in [0.2, 0.25) is 11.8 Å². The summed E-state index contributed by atoms with van der Waals surface area (Å²) in [5.41, 5.74) is 1.24. The average molecular weight is 285 g/mol. The Morgan fingerprint density at radius 2 is 2.05 bits per heavy atom. The minimum absolute atomic E-state index is 0.206.